The summed E-state index contributed by atoms with van der Waals surface area (Å²) in [6.07, 6.45) is 3.27. The van der Waals surface area contributed by atoms with Gasteiger partial charge in [0.1, 0.15) is 0 Å². The van der Waals surface area contributed by atoms with Gasteiger partial charge in [0.15, 0.2) is 0 Å². The maximum absolute atomic E-state index is 10.7. The molecule has 0 atom stereocenters. The number of hydrogen-bond donors (Lipinski definition) is 4. The fourth-order valence-electron chi connectivity index (χ4n) is 3.73. The summed E-state index contributed by atoms with van der Waals surface area (Å²) < 4.78 is 0. The van der Waals surface area contributed by atoms with E-state index in [-0.39, 0.29) is 6.54 Å². The Labute approximate surface area is 158 Å². The summed E-state index contributed by atoms with van der Waals surface area (Å²) >= 11 is 0. The van der Waals surface area contributed by atoms with Crippen LogP contribution < -0.4 is 16.0 Å². The van der Waals surface area contributed by atoms with Crippen molar-refractivity contribution in [1.29, 1.82) is 0 Å². The maximum Gasteiger partial charge on any atom is 0.404 e. The van der Waals surface area contributed by atoms with E-state index in [1.165, 1.54) is 11.1 Å². The van der Waals surface area contributed by atoms with Gasteiger partial charge < -0.3 is 26.2 Å². The highest BCUT2D eigenvalue weighted by Crippen LogP contribution is 2.38. The highest BCUT2D eigenvalue weighted by Gasteiger charge is 2.34. The maximum atomic E-state index is 10.7. The molecule has 0 unspecified atom stereocenters. The highest BCUT2D eigenvalue weighted by atomic mass is 16.4. The van der Waals surface area contributed by atoms with Gasteiger partial charge in [-0.25, -0.2) is 4.79 Å². The molecule has 1 aromatic heterocycles. The fourth-order valence-corrected chi connectivity index (χ4v) is 3.73. The van der Waals surface area contributed by atoms with Gasteiger partial charge in [0.25, 0.3) is 0 Å². The van der Waals surface area contributed by atoms with Crippen molar-refractivity contribution in [2.24, 2.45) is 0 Å². The van der Waals surface area contributed by atoms with Crippen molar-refractivity contribution < 1.29 is 15.0 Å². The minimum absolute atomic E-state index is 0.0337. The lowest BCUT2D eigenvalue weighted by molar-refractivity contribution is 0.0174. The third-order valence-corrected chi connectivity index (χ3v) is 5.06. The molecule has 0 aliphatic carbocycles. The molecule has 7 heteroatoms. The molecule has 0 saturated carbocycles. The molecule has 144 valence electrons. The van der Waals surface area contributed by atoms with E-state index in [2.05, 4.69) is 47.2 Å². The predicted molar refractivity (Wildman–Crippen MR) is 106 cm³/mol. The topological polar surface area (TPSA) is 112 Å². The molecule has 5 N–H and O–H groups in total. The van der Waals surface area contributed by atoms with Crippen LogP contribution in [0.25, 0.3) is 11.1 Å². The number of nitrogens with one attached hydrogen (secondary N) is 1. The number of carboxylic acid groups (broad SMARTS) is 1. The zero-order chi connectivity index (χ0) is 19.6. The first-order valence-corrected chi connectivity index (χ1v) is 9.04. The van der Waals surface area contributed by atoms with Crippen molar-refractivity contribution in [2.45, 2.75) is 32.3 Å². The van der Waals surface area contributed by atoms with Gasteiger partial charge in [-0.2, -0.15) is 0 Å². The smallest absolute Gasteiger partial charge is 0.404 e. The van der Waals surface area contributed by atoms with Crippen molar-refractivity contribution in [1.82, 2.24) is 10.3 Å². The van der Waals surface area contributed by atoms with E-state index in [0.717, 1.165) is 16.8 Å². The number of anilines is 2. The second-order valence-electron chi connectivity index (χ2n) is 7.37. The molecule has 27 heavy (non-hydrogen) atoms. The van der Waals surface area contributed by atoms with Gasteiger partial charge in [0.2, 0.25) is 0 Å². The van der Waals surface area contributed by atoms with E-state index in [1.54, 1.807) is 6.20 Å². The number of amides is 1. The number of aryl methyl sites for hydroxylation is 2. The van der Waals surface area contributed by atoms with E-state index in [0.29, 0.717) is 31.6 Å². The van der Waals surface area contributed by atoms with Crippen LogP contribution in [0.5, 0.6) is 0 Å². The number of nitrogen functional groups attached to an aromatic ring is 1. The Kier molecular flexibility index (Phi) is 5.23. The number of nitrogens with zero attached hydrogens (tertiary/aromatic N) is 2. The van der Waals surface area contributed by atoms with Crippen molar-refractivity contribution in [3.05, 3.63) is 41.7 Å². The van der Waals surface area contributed by atoms with Crippen LogP contribution in [0, 0.1) is 13.8 Å². The Balaban J connectivity index is 1.87. The lowest BCUT2D eigenvalue weighted by atomic mass is 9.90. The first-order chi connectivity index (χ1) is 12.8. The lowest BCUT2D eigenvalue weighted by Crippen LogP contribution is -2.51. The van der Waals surface area contributed by atoms with E-state index in [1.807, 2.05) is 6.20 Å². The Morgan fingerprint density at radius 3 is 2.44 bits per heavy atom. The molecule has 1 saturated heterocycles. The largest absolute Gasteiger partial charge is 0.465 e. The molecule has 1 fully saturated rings. The molecule has 0 bridgehead atoms. The fraction of sp³-hybridized carbons (Fsp3) is 0.400. The van der Waals surface area contributed by atoms with Crippen molar-refractivity contribution >= 4 is 17.5 Å². The number of aliphatic hydroxyl groups is 1. The molecule has 7 nitrogen and oxygen atoms in total. The number of nitrogens with two attached hydrogens (primary N) is 1. The first kappa shape index (κ1) is 19.0. The van der Waals surface area contributed by atoms with Crippen LogP contribution in [-0.2, 0) is 0 Å². The van der Waals surface area contributed by atoms with Gasteiger partial charge in [-0.05, 0) is 32.3 Å². The minimum atomic E-state index is -1.12. The second kappa shape index (κ2) is 7.44. The van der Waals surface area contributed by atoms with Crippen molar-refractivity contribution in [2.75, 3.05) is 30.3 Å². The van der Waals surface area contributed by atoms with Gasteiger partial charge in [-0.3, -0.25) is 4.98 Å². The van der Waals surface area contributed by atoms with Gasteiger partial charge in [0.05, 0.1) is 23.2 Å². The molecule has 1 amide bonds. The van der Waals surface area contributed by atoms with E-state index in [4.69, 9.17) is 10.8 Å². The number of hydrogen-bond acceptors (Lipinski definition) is 5. The molecule has 1 aromatic carbocycles. The average molecular weight is 370 g/mol. The Morgan fingerprint density at radius 1 is 1.22 bits per heavy atom. The van der Waals surface area contributed by atoms with Gasteiger partial charge in [0, 0.05) is 31.4 Å². The predicted octanol–water partition coefficient (Wildman–Crippen LogP) is 2.55. The van der Waals surface area contributed by atoms with Gasteiger partial charge in [-0.1, -0.05) is 29.3 Å². The minimum Gasteiger partial charge on any atom is -0.465 e. The number of rotatable bonds is 4. The van der Waals surface area contributed by atoms with Crippen molar-refractivity contribution in [3.8, 4) is 11.1 Å². The van der Waals surface area contributed by atoms with E-state index < -0.39 is 11.7 Å². The third-order valence-electron chi connectivity index (χ3n) is 5.06. The summed E-state index contributed by atoms with van der Waals surface area (Å²) in [6, 6.07) is 6.35. The summed E-state index contributed by atoms with van der Waals surface area (Å²) in [5.74, 6) is 0. The zero-order valence-corrected chi connectivity index (χ0v) is 15.7. The zero-order valence-electron chi connectivity index (χ0n) is 15.7. The number of benzene rings is 1. The summed E-state index contributed by atoms with van der Waals surface area (Å²) in [5, 5.41) is 21.7. The highest BCUT2D eigenvalue weighted by molar-refractivity contribution is 5.86. The van der Waals surface area contributed by atoms with Crippen LogP contribution >= 0.6 is 0 Å². The Bertz CT molecular complexity index is 825. The number of aromatic nitrogens is 1. The number of pyridine rings is 1. The molecule has 3 rings (SSSR count). The molecule has 2 heterocycles. The monoisotopic (exact) mass is 370 g/mol. The SMILES string of the molecule is Cc1cc(C)cc(-c2cncc(N)c2N2CCC(O)(CNC(=O)O)CC2)c1. The summed E-state index contributed by atoms with van der Waals surface area (Å²) in [4.78, 5) is 17.1. The quantitative estimate of drug-likeness (QED) is 0.658. The second-order valence-corrected chi connectivity index (χ2v) is 7.37. The van der Waals surface area contributed by atoms with Crippen LogP contribution in [0.4, 0.5) is 16.2 Å². The third kappa shape index (κ3) is 4.31. The van der Waals surface area contributed by atoms with Gasteiger partial charge in [-0.15, -0.1) is 0 Å². The van der Waals surface area contributed by atoms with Crippen LogP contribution in [0.15, 0.2) is 30.6 Å². The molecular formula is C20H26N4O3. The molecule has 1 aliphatic heterocycles. The number of piperidine rings is 1. The summed E-state index contributed by atoms with van der Waals surface area (Å²) in [7, 11) is 0. The van der Waals surface area contributed by atoms with Crippen LogP contribution in [0.1, 0.15) is 24.0 Å². The standard InChI is InChI=1S/C20H26N4O3/c1-13-7-14(2)9-15(8-13)16-10-22-11-17(21)18(16)24-5-3-20(27,4-6-24)12-23-19(25)26/h7-11,23,27H,3-6,12,21H2,1-2H3,(H,25,26). The first-order valence-electron chi connectivity index (χ1n) is 9.04. The Hall–Kier alpha value is -2.80. The molecule has 0 spiro atoms. The lowest BCUT2D eigenvalue weighted by Gasteiger charge is -2.40. The molecular weight excluding hydrogens is 344 g/mol. The Morgan fingerprint density at radius 2 is 1.85 bits per heavy atom. The van der Waals surface area contributed by atoms with Crippen LogP contribution in [0.3, 0.4) is 0 Å². The normalized spacial score (nSPS) is 16.2. The number of carbonyl (C=O) groups is 1. The van der Waals surface area contributed by atoms with Crippen molar-refractivity contribution in [3.63, 3.8) is 0 Å². The summed E-state index contributed by atoms with van der Waals surface area (Å²) in [6.45, 7) is 5.33. The van der Waals surface area contributed by atoms with E-state index in [9.17, 15) is 9.90 Å². The molecule has 1 aliphatic rings. The molecule has 0 radical (unpaired) electrons. The summed E-state index contributed by atoms with van der Waals surface area (Å²) in [5.41, 5.74) is 11.1. The van der Waals surface area contributed by atoms with Crippen LogP contribution in [0.2, 0.25) is 0 Å². The molecule has 2 aromatic rings. The van der Waals surface area contributed by atoms with E-state index >= 15 is 0 Å². The van der Waals surface area contributed by atoms with Gasteiger partial charge >= 0.3 is 6.09 Å². The van der Waals surface area contributed by atoms with Crippen LogP contribution in [-0.4, -0.2) is 46.5 Å². The average Bonchev–Trinajstić information content (AvgIpc) is 2.60.